The Morgan fingerprint density at radius 2 is 1.48 bits per heavy atom. The van der Waals surface area contributed by atoms with Crippen LogP contribution in [0.3, 0.4) is 0 Å². The normalized spacial score (nSPS) is 18.9. The maximum atomic E-state index is 10.4. The molecule has 118 valence electrons. The van der Waals surface area contributed by atoms with E-state index in [9.17, 15) is 5.11 Å². The average Bonchev–Trinajstić information content (AvgIpc) is 2.45. The molecule has 0 bridgehead atoms. The van der Waals surface area contributed by atoms with E-state index in [1.165, 1.54) is 37.2 Å². The van der Waals surface area contributed by atoms with E-state index >= 15 is 0 Å². The predicted octanol–water partition coefficient (Wildman–Crippen LogP) is 2.75. The molecule has 3 heteroatoms. The summed E-state index contributed by atoms with van der Waals surface area (Å²) in [6, 6.07) is 6.37. The summed E-state index contributed by atoms with van der Waals surface area (Å²) < 4.78 is 0. The molecule has 0 radical (unpaired) electrons. The fourth-order valence-corrected chi connectivity index (χ4v) is 3.23. The number of rotatable bonds is 6. The van der Waals surface area contributed by atoms with E-state index in [2.05, 4.69) is 48.8 Å². The Labute approximate surface area is 129 Å². The highest BCUT2D eigenvalue weighted by atomic mass is 16.3. The van der Waals surface area contributed by atoms with Crippen LogP contribution in [0.2, 0.25) is 0 Å². The van der Waals surface area contributed by atoms with E-state index in [0.717, 1.165) is 31.6 Å². The van der Waals surface area contributed by atoms with Crippen LogP contribution in [-0.2, 0) is 0 Å². The topological polar surface area (TPSA) is 26.7 Å². The predicted molar refractivity (Wildman–Crippen MR) is 88.7 cm³/mol. The van der Waals surface area contributed by atoms with Crippen LogP contribution in [0.15, 0.2) is 18.2 Å². The molecule has 1 fully saturated rings. The highest BCUT2D eigenvalue weighted by Crippen LogP contribution is 2.20. The van der Waals surface area contributed by atoms with Crippen LogP contribution in [0.5, 0.6) is 0 Å². The molecular formula is C18H30N2O. The number of benzene rings is 1. The quantitative estimate of drug-likeness (QED) is 0.873. The van der Waals surface area contributed by atoms with Crippen LogP contribution in [0.25, 0.3) is 0 Å². The summed E-state index contributed by atoms with van der Waals surface area (Å²) in [6.07, 6.45) is 1.74. The van der Waals surface area contributed by atoms with Crippen molar-refractivity contribution in [3.8, 4) is 0 Å². The lowest BCUT2D eigenvalue weighted by Crippen LogP contribution is -2.46. The molecule has 1 aliphatic heterocycles. The zero-order valence-electron chi connectivity index (χ0n) is 13.8. The minimum atomic E-state index is -0.336. The molecule has 1 aliphatic rings. The highest BCUT2D eigenvalue weighted by molar-refractivity contribution is 5.29. The van der Waals surface area contributed by atoms with Gasteiger partial charge in [-0.25, -0.2) is 0 Å². The first-order valence-corrected chi connectivity index (χ1v) is 8.29. The zero-order chi connectivity index (χ0) is 15.2. The minimum Gasteiger partial charge on any atom is -0.388 e. The first kappa shape index (κ1) is 16.5. The van der Waals surface area contributed by atoms with Crippen LogP contribution >= 0.6 is 0 Å². The lowest BCUT2D eigenvalue weighted by molar-refractivity contribution is 0.102. The van der Waals surface area contributed by atoms with E-state index in [4.69, 9.17) is 0 Å². The number of hydrogen-bond acceptors (Lipinski definition) is 3. The fourth-order valence-electron chi connectivity index (χ4n) is 3.23. The smallest absolute Gasteiger partial charge is 0.0802 e. The van der Waals surface area contributed by atoms with Gasteiger partial charge in [0.2, 0.25) is 0 Å². The van der Waals surface area contributed by atoms with Gasteiger partial charge in [0.15, 0.2) is 0 Å². The van der Waals surface area contributed by atoms with Crippen molar-refractivity contribution in [1.29, 1.82) is 0 Å². The third-order valence-corrected chi connectivity index (χ3v) is 4.35. The SMILES string of the molecule is CCCN1CCN(CCC(O)c2cc(C)cc(C)c2)CC1. The van der Waals surface area contributed by atoms with Gasteiger partial charge in [0.05, 0.1) is 6.10 Å². The third-order valence-electron chi connectivity index (χ3n) is 4.35. The molecule has 1 aromatic rings. The molecule has 0 aliphatic carbocycles. The zero-order valence-corrected chi connectivity index (χ0v) is 13.8. The number of aliphatic hydroxyl groups is 1. The number of hydrogen-bond donors (Lipinski definition) is 1. The molecule has 3 nitrogen and oxygen atoms in total. The molecular weight excluding hydrogens is 260 g/mol. The molecule has 1 unspecified atom stereocenters. The Bertz CT molecular complexity index is 419. The Morgan fingerprint density at radius 3 is 2.00 bits per heavy atom. The van der Waals surface area contributed by atoms with E-state index in [1.807, 2.05) is 0 Å². The number of piperazine rings is 1. The van der Waals surface area contributed by atoms with E-state index in [1.54, 1.807) is 0 Å². The molecule has 21 heavy (non-hydrogen) atoms. The summed E-state index contributed by atoms with van der Waals surface area (Å²) in [5.74, 6) is 0. The molecule has 0 amide bonds. The Kier molecular flexibility index (Phi) is 6.22. The summed E-state index contributed by atoms with van der Waals surface area (Å²) in [5, 5.41) is 10.4. The molecule has 0 aromatic heterocycles. The Morgan fingerprint density at radius 1 is 0.952 bits per heavy atom. The van der Waals surface area contributed by atoms with Gasteiger partial charge >= 0.3 is 0 Å². The Hall–Kier alpha value is -0.900. The number of aryl methyl sites for hydroxylation is 2. The molecule has 1 heterocycles. The van der Waals surface area contributed by atoms with Crippen LogP contribution in [-0.4, -0.2) is 54.2 Å². The van der Waals surface area contributed by atoms with Gasteiger partial charge in [-0.05, 0) is 38.8 Å². The highest BCUT2D eigenvalue weighted by Gasteiger charge is 2.17. The monoisotopic (exact) mass is 290 g/mol. The van der Waals surface area contributed by atoms with Crippen molar-refractivity contribution in [1.82, 2.24) is 9.80 Å². The first-order chi connectivity index (χ1) is 10.1. The van der Waals surface area contributed by atoms with Gasteiger partial charge in [0.1, 0.15) is 0 Å². The van der Waals surface area contributed by atoms with Gasteiger partial charge in [-0.3, -0.25) is 0 Å². The van der Waals surface area contributed by atoms with Gasteiger partial charge in [-0.15, -0.1) is 0 Å². The second kappa shape index (κ2) is 7.92. The molecule has 1 aromatic carbocycles. The number of aliphatic hydroxyl groups excluding tert-OH is 1. The van der Waals surface area contributed by atoms with Gasteiger partial charge in [0.25, 0.3) is 0 Å². The number of nitrogens with zero attached hydrogens (tertiary/aromatic N) is 2. The second-order valence-corrected chi connectivity index (χ2v) is 6.41. The van der Waals surface area contributed by atoms with Gasteiger partial charge < -0.3 is 14.9 Å². The summed E-state index contributed by atoms with van der Waals surface area (Å²) in [5.41, 5.74) is 3.53. The van der Waals surface area contributed by atoms with Crippen molar-refractivity contribution in [2.45, 2.75) is 39.7 Å². The molecule has 1 atom stereocenters. The standard InChI is InChI=1S/C18H30N2O/c1-4-6-19-8-10-20(11-9-19)7-5-18(21)17-13-15(2)12-16(3)14-17/h12-14,18,21H,4-11H2,1-3H3. The third kappa shape index (κ3) is 5.10. The van der Waals surface area contributed by atoms with E-state index < -0.39 is 0 Å². The largest absolute Gasteiger partial charge is 0.388 e. The molecule has 0 saturated carbocycles. The van der Waals surface area contributed by atoms with Gasteiger partial charge in [0, 0.05) is 32.7 Å². The lowest BCUT2D eigenvalue weighted by Gasteiger charge is -2.34. The Balaban J connectivity index is 1.78. The van der Waals surface area contributed by atoms with Crippen LogP contribution in [0, 0.1) is 13.8 Å². The van der Waals surface area contributed by atoms with Gasteiger partial charge in [-0.1, -0.05) is 36.2 Å². The van der Waals surface area contributed by atoms with E-state index in [0.29, 0.717) is 0 Å². The summed E-state index contributed by atoms with van der Waals surface area (Å²) >= 11 is 0. The fraction of sp³-hybridized carbons (Fsp3) is 0.667. The molecule has 2 rings (SSSR count). The van der Waals surface area contributed by atoms with Crippen molar-refractivity contribution in [3.63, 3.8) is 0 Å². The van der Waals surface area contributed by atoms with Crippen LogP contribution < -0.4 is 0 Å². The first-order valence-electron chi connectivity index (χ1n) is 8.29. The lowest BCUT2D eigenvalue weighted by atomic mass is 10.0. The molecule has 0 spiro atoms. The maximum absolute atomic E-state index is 10.4. The van der Waals surface area contributed by atoms with Crippen molar-refractivity contribution in [3.05, 3.63) is 34.9 Å². The maximum Gasteiger partial charge on any atom is 0.0802 e. The average molecular weight is 290 g/mol. The van der Waals surface area contributed by atoms with Crippen molar-refractivity contribution < 1.29 is 5.11 Å². The van der Waals surface area contributed by atoms with Crippen LogP contribution in [0.4, 0.5) is 0 Å². The summed E-state index contributed by atoms with van der Waals surface area (Å²) in [4.78, 5) is 5.02. The van der Waals surface area contributed by atoms with Crippen LogP contribution in [0.1, 0.15) is 42.6 Å². The summed E-state index contributed by atoms with van der Waals surface area (Å²) in [6.45, 7) is 13.3. The molecule has 1 saturated heterocycles. The van der Waals surface area contributed by atoms with Crippen molar-refractivity contribution in [2.75, 3.05) is 39.3 Å². The van der Waals surface area contributed by atoms with Gasteiger partial charge in [-0.2, -0.15) is 0 Å². The van der Waals surface area contributed by atoms with Crippen molar-refractivity contribution >= 4 is 0 Å². The van der Waals surface area contributed by atoms with Crippen molar-refractivity contribution in [2.24, 2.45) is 0 Å². The second-order valence-electron chi connectivity index (χ2n) is 6.41. The summed E-state index contributed by atoms with van der Waals surface area (Å²) in [7, 11) is 0. The molecule has 1 N–H and O–H groups in total. The minimum absolute atomic E-state index is 0.336. The van der Waals surface area contributed by atoms with E-state index in [-0.39, 0.29) is 6.10 Å².